The van der Waals surface area contributed by atoms with E-state index in [4.69, 9.17) is 15.5 Å². The molecular weight excluding hydrogens is 521 g/mol. The number of nitrogens with zero attached hydrogens (tertiary/aromatic N) is 3. The standard InChI is InChI=1S/C28H34FN5O4S.H2/c1-17(2)16-38-21-14-19(13-20(29)15-21)23-10-9-22(26(31-23)34-18(3)11-12-28(34,4)5)27(35)33-39(36,37)25-8-6-7-24(30)32-25;/h6-10,13-15,17-18H,11-12,16H2,1-5H3,(H2,30,32)(H,33,35);1H. The van der Waals surface area contributed by atoms with Gasteiger partial charge in [-0.05, 0) is 75.9 Å². The highest BCUT2D eigenvalue weighted by Gasteiger charge is 2.40. The molecule has 1 aromatic carbocycles. The number of carbonyl (C=O) groups is 1. The van der Waals surface area contributed by atoms with Gasteiger partial charge in [-0.15, -0.1) is 0 Å². The van der Waals surface area contributed by atoms with Gasteiger partial charge in [0.25, 0.3) is 15.9 Å². The van der Waals surface area contributed by atoms with Crippen molar-refractivity contribution in [3.8, 4) is 17.0 Å². The van der Waals surface area contributed by atoms with E-state index < -0.39 is 21.7 Å². The van der Waals surface area contributed by atoms with Gasteiger partial charge < -0.3 is 15.4 Å². The van der Waals surface area contributed by atoms with Crippen LogP contribution in [-0.4, -0.2) is 42.5 Å². The molecule has 1 fully saturated rings. The topological polar surface area (TPSA) is 128 Å². The lowest BCUT2D eigenvalue weighted by Gasteiger charge is -2.37. The number of nitrogens with two attached hydrogens (primary N) is 1. The van der Waals surface area contributed by atoms with E-state index in [0.29, 0.717) is 29.4 Å². The molecule has 1 aliphatic heterocycles. The van der Waals surface area contributed by atoms with Crippen molar-refractivity contribution in [2.75, 3.05) is 17.2 Å². The molecule has 1 unspecified atom stereocenters. The van der Waals surface area contributed by atoms with E-state index in [0.717, 1.165) is 12.8 Å². The summed E-state index contributed by atoms with van der Waals surface area (Å²) < 4.78 is 48.2. The van der Waals surface area contributed by atoms with Crippen LogP contribution in [0.25, 0.3) is 11.3 Å². The van der Waals surface area contributed by atoms with Crippen LogP contribution in [0.15, 0.2) is 53.6 Å². The molecule has 210 valence electrons. The summed E-state index contributed by atoms with van der Waals surface area (Å²) in [5, 5.41) is -0.370. The molecule has 0 bridgehead atoms. The summed E-state index contributed by atoms with van der Waals surface area (Å²) in [6.07, 6.45) is 1.71. The van der Waals surface area contributed by atoms with E-state index in [2.05, 4.69) is 9.71 Å². The molecule has 1 atom stereocenters. The van der Waals surface area contributed by atoms with Crippen molar-refractivity contribution < 1.29 is 23.8 Å². The number of carbonyl (C=O) groups excluding carboxylic acids is 1. The van der Waals surface area contributed by atoms with Crippen LogP contribution >= 0.6 is 0 Å². The van der Waals surface area contributed by atoms with Crippen LogP contribution in [0.3, 0.4) is 0 Å². The van der Waals surface area contributed by atoms with Crippen LogP contribution in [-0.2, 0) is 10.0 Å². The Hall–Kier alpha value is -3.73. The Labute approximate surface area is 230 Å². The molecule has 3 N–H and O–H groups in total. The maximum absolute atomic E-state index is 14.5. The van der Waals surface area contributed by atoms with Gasteiger partial charge in [0, 0.05) is 24.6 Å². The third-order valence-electron chi connectivity index (χ3n) is 6.61. The summed E-state index contributed by atoms with van der Waals surface area (Å²) in [7, 11) is -4.30. The molecule has 3 aromatic rings. The highest BCUT2D eigenvalue weighted by molar-refractivity contribution is 7.90. The van der Waals surface area contributed by atoms with Crippen molar-refractivity contribution in [1.29, 1.82) is 0 Å². The summed E-state index contributed by atoms with van der Waals surface area (Å²) in [5.41, 5.74) is 6.24. The van der Waals surface area contributed by atoms with Crippen molar-refractivity contribution in [2.24, 2.45) is 5.92 Å². The predicted octanol–water partition coefficient (Wildman–Crippen LogP) is 5.03. The molecule has 1 amide bonds. The number of sulfonamides is 1. The number of aromatic nitrogens is 2. The minimum absolute atomic E-state index is 0. The highest BCUT2D eigenvalue weighted by Crippen LogP contribution is 2.39. The van der Waals surface area contributed by atoms with Crippen molar-refractivity contribution in [3.63, 3.8) is 0 Å². The second kappa shape index (κ2) is 10.8. The minimum atomic E-state index is -4.30. The van der Waals surface area contributed by atoms with E-state index in [1.807, 2.05) is 39.5 Å². The molecule has 0 aliphatic carbocycles. The summed E-state index contributed by atoms with van der Waals surface area (Å²) >= 11 is 0. The summed E-state index contributed by atoms with van der Waals surface area (Å²) in [6.45, 7) is 10.5. The Balaban J connectivity index is 0.00000441. The van der Waals surface area contributed by atoms with Gasteiger partial charge >= 0.3 is 0 Å². The molecule has 11 heteroatoms. The second-order valence-electron chi connectivity index (χ2n) is 10.9. The van der Waals surface area contributed by atoms with E-state index in [-0.39, 0.29) is 35.3 Å². The molecule has 0 radical (unpaired) electrons. The van der Waals surface area contributed by atoms with Crippen LogP contribution in [0.5, 0.6) is 5.75 Å². The fourth-order valence-corrected chi connectivity index (χ4v) is 5.68. The van der Waals surface area contributed by atoms with Crippen LogP contribution in [0.4, 0.5) is 16.0 Å². The first-order chi connectivity index (χ1) is 18.3. The number of pyridine rings is 2. The Bertz CT molecular complexity index is 1500. The Morgan fingerprint density at radius 1 is 1.23 bits per heavy atom. The second-order valence-corrected chi connectivity index (χ2v) is 12.5. The maximum Gasteiger partial charge on any atom is 0.281 e. The Kier molecular flexibility index (Phi) is 7.83. The number of hydrogen-bond donors (Lipinski definition) is 2. The molecule has 0 saturated carbocycles. The number of halogens is 1. The average Bonchev–Trinajstić information content (AvgIpc) is 3.13. The molecule has 2 aromatic heterocycles. The van der Waals surface area contributed by atoms with Gasteiger partial charge in [0.05, 0.1) is 17.9 Å². The first-order valence-electron chi connectivity index (χ1n) is 12.8. The Morgan fingerprint density at radius 2 is 1.97 bits per heavy atom. The van der Waals surface area contributed by atoms with Crippen LogP contribution < -0.4 is 20.1 Å². The maximum atomic E-state index is 14.5. The molecule has 1 saturated heterocycles. The van der Waals surface area contributed by atoms with E-state index in [9.17, 15) is 17.6 Å². The monoisotopic (exact) mass is 557 g/mol. The first-order valence-corrected chi connectivity index (χ1v) is 14.3. The van der Waals surface area contributed by atoms with Gasteiger partial charge in [-0.3, -0.25) is 4.79 Å². The summed E-state index contributed by atoms with van der Waals surface area (Å²) in [6, 6.07) is 11.6. The number of anilines is 2. The number of benzene rings is 1. The van der Waals surface area contributed by atoms with Gasteiger partial charge in [0.1, 0.15) is 23.2 Å². The Morgan fingerprint density at radius 3 is 2.62 bits per heavy atom. The zero-order valence-corrected chi connectivity index (χ0v) is 23.5. The largest absolute Gasteiger partial charge is 0.493 e. The van der Waals surface area contributed by atoms with Gasteiger partial charge in [0.2, 0.25) is 0 Å². The first kappa shape index (κ1) is 28.3. The summed E-state index contributed by atoms with van der Waals surface area (Å²) in [4.78, 5) is 24.1. The molecule has 39 heavy (non-hydrogen) atoms. The van der Waals surface area contributed by atoms with Crippen LogP contribution in [0, 0.1) is 11.7 Å². The van der Waals surface area contributed by atoms with Crippen molar-refractivity contribution in [3.05, 3.63) is 59.9 Å². The lowest BCUT2D eigenvalue weighted by atomic mass is 10.0. The third kappa shape index (κ3) is 6.30. The third-order valence-corrected chi connectivity index (χ3v) is 7.84. The molecule has 3 heterocycles. The summed E-state index contributed by atoms with van der Waals surface area (Å²) in [5.74, 6) is -0.382. The molecule has 9 nitrogen and oxygen atoms in total. The number of amides is 1. The normalized spacial score (nSPS) is 16.9. The highest BCUT2D eigenvalue weighted by atomic mass is 32.2. The number of ether oxygens (including phenoxy) is 1. The number of hydrogen-bond acceptors (Lipinski definition) is 8. The average molecular weight is 558 g/mol. The predicted molar refractivity (Wildman–Crippen MR) is 151 cm³/mol. The van der Waals surface area contributed by atoms with Crippen LogP contribution in [0.1, 0.15) is 59.2 Å². The fraction of sp³-hybridized carbons (Fsp3) is 0.393. The van der Waals surface area contributed by atoms with Crippen molar-refractivity contribution in [2.45, 2.75) is 64.1 Å². The van der Waals surface area contributed by atoms with Crippen molar-refractivity contribution in [1.82, 2.24) is 14.7 Å². The lowest BCUT2D eigenvalue weighted by Crippen LogP contribution is -2.44. The fourth-order valence-electron chi connectivity index (χ4n) is 4.74. The SMILES string of the molecule is CC(C)COc1cc(F)cc(-c2ccc(C(=O)NS(=O)(=O)c3cccc(N)n3)c(N3C(C)CCC3(C)C)n2)c1.[HH]. The van der Waals surface area contributed by atoms with E-state index in [1.54, 1.807) is 12.1 Å². The van der Waals surface area contributed by atoms with Crippen molar-refractivity contribution >= 4 is 27.6 Å². The molecule has 4 rings (SSSR count). The molecule has 1 aliphatic rings. The van der Waals surface area contributed by atoms with Gasteiger partial charge in [-0.25, -0.2) is 19.1 Å². The lowest BCUT2D eigenvalue weighted by molar-refractivity contribution is 0.0981. The smallest absolute Gasteiger partial charge is 0.281 e. The van der Waals surface area contributed by atoms with E-state index >= 15 is 0 Å². The molecule has 0 spiro atoms. The van der Waals surface area contributed by atoms with Gasteiger partial charge in [-0.1, -0.05) is 19.9 Å². The molecular formula is C28H36FN5O4S. The number of nitrogen functional groups attached to an aromatic ring is 1. The number of rotatable bonds is 8. The minimum Gasteiger partial charge on any atom is -0.493 e. The van der Waals surface area contributed by atoms with Gasteiger partial charge in [0.15, 0.2) is 5.03 Å². The van der Waals surface area contributed by atoms with E-state index in [1.165, 1.54) is 36.4 Å². The zero-order chi connectivity index (χ0) is 28.5. The zero-order valence-electron chi connectivity index (χ0n) is 22.7. The van der Waals surface area contributed by atoms with Crippen LogP contribution in [0.2, 0.25) is 0 Å². The van der Waals surface area contributed by atoms with Gasteiger partial charge in [-0.2, -0.15) is 8.42 Å². The number of nitrogens with one attached hydrogen (secondary N) is 1. The quantitative estimate of drug-likeness (QED) is 0.395.